The Morgan fingerprint density at radius 3 is 2.16 bits per heavy atom. The molecule has 0 saturated heterocycles. The van der Waals surface area contributed by atoms with E-state index in [2.05, 4.69) is 101 Å². The van der Waals surface area contributed by atoms with Crippen molar-refractivity contribution in [2.45, 2.75) is 0 Å². The fourth-order valence-electron chi connectivity index (χ4n) is 5.64. The Bertz CT molecular complexity index is 1810. The van der Waals surface area contributed by atoms with Gasteiger partial charge in [0.05, 0.1) is 22.7 Å². The molecule has 0 saturated carbocycles. The van der Waals surface area contributed by atoms with Gasteiger partial charge in [-0.05, 0) is 59.5 Å². The number of para-hydroxylation sites is 3. The Labute approximate surface area is 214 Å². The average Bonchev–Trinajstić information content (AvgIpc) is 2.96. The van der Waals surface area contributed by atoms with Crippen LogP contribution in [0.1, 0.15) is 0 Å². The Morgan fingerprint density at radius 2 is 1.30 bits per heavy atom. The van der Waals surface area contributed by atoms with Crippen molar-refractivity contribution in [2.24, 2.45) is 0 Å². The normalized spacial score (nSPS) is 13.0. The third-order valence-electron chi connectivity index (χ3n) is 7.19. The molecule has 0 radical (unpaired) electrons. The van der Waals surface area contributed by atoms with Crippen molar-refractivity contribution in [3.05, 3.63) is 128 Å². The first kappa shape index (κ1) is 20.1. The van der Waals surface area contributed by atoms with Gasteiger partial charge in [-0.1, -0.05) is 66.7 Å². The Balaban J connectivity index is 1.46. The van der Waals surface area contributed by atoms with Crippen LogP contribution in [0.2, 0.25) is 0 Å². The molecule has 174 valence electrons. The molecule has 0 fully saturated rings. The zero-order chi connectivity index (χ0) is 24.3. The van der Waals surface area contributed by atoms with Crippen LogP contribution < -0.4 is 14.5 Å². The largest absolute Gasteiger partial charge is 0.453 e. The lowest BCUT2D eigenvalue weighted by atomic mass is 9.90. The highest BCUT2D eigenvalue weighted by molar-refractivity contribution is 6.14. The van der Waals surface area contributed by atoms with Gasteiger partial charge in [-0.3, -0.25) is 4.90 Å². The van der Waals surface area contributed by atoms with Crippen molar-refractivity contribution in [1.82, 2.24) is 4.98 Å². The van der Waals surface area contributed by atoms with E-state index in [-0.39, 0.29) is 0 Å². The lowest BCUT2D eigenvalue weighted by Crippen LogP contribution is -2.19. The van der Waals surface area contributed by atoms with Crippen LogP contribution in [0.5, 0.6) is 11.5 Å². The van der Waals surface area contributed by atoms with Gasteiger partial charge < -0.3 is 9.64 Å². The maximum absolute atomic E-state index is 6.55. The molecular weight excluding hydrogens is 454 g/mol. The minimum atomic E-state index is 0.814. The molecule has 2 aliphatic heterocycles. The number of pyridine rings is 1. The zero-order valence-corrected chi connectivity index (χ0v) is 19.9. The molecule has 0 unspecified atom stereocenters. The van der Waals surface area contributed by atoms with Crippen molar-refractivity contribution in [3.8, 4) is 22.6 Å². The van der Waals surface area contributed by atoms with Gasteiger partial charge in [0.25, 0.3) is 0 Å². The summed E-state index contributed by atoms with van der Waals surface area (Å²) >= 11 is 0. The highest BCUT2D eigenvalue weighted by Crippen LogP contribution is 2.57. The number of fused-ring (bicyclic) bond motifs is 4. The number of nitrogens with zero attached hydrogens (tertiary/aromatic N) is 3. The monoisotopic (exact) mass is 475 g/mol. The predicted molar refractivity (Wildman–Crippen MR) is 150 cm³/mol. The number of hydrogen-bond acceptors (Lipinski definition) is 4. The van der Waals surface area contributed by atoms with Gasteiger partial charge in [0.15, 0.2) is 11.5 Å². The van der Waals surface area contributed by atoms with Gasteiger partial charge in [0, 0.05) is 28.9 Å². The van der Waals surface area contributed by atoms with Gasteiger partial charge in [-0.25, -0.2) is 4.98 Å². The molecule has 0 bridgehead atoms. The highest BCUT2D eigenvalue weighted by atomic mass is 16.5. The van der Waals surface area contributed by atoms with E-state index in [1.807, 2.05) is 36.5 Å². The molecule has 37 heavy (non-hydrogen) atoms. The van der Waals surface area contributed by atoms with E-state index >= 15 is 0 Å². The first-order valence-electron chi connectivity index (χ1n) is 12.4. The standard InChI is InChI=1S/C33H21N3O/c1-2-12-23(13-3-1)35-26-15-4-5-17-30(26)37-31-21-28-25(20-29(31)35)24-14-8-10-22-11-9-16-27(33(22)24)36(28)32-18-6-7-19-34-32/h1-21H. The molecule has 3 heterocycles. The van der Waals surface area contributed by atoms with E-state index in [1.54, 1.807) is 0 Å². The molecule has 8 rings (SSSR count). The lowest BCUT2D eigenvalue weighted by Gasteiger charge is -2.37. The Hall–Kier alpha value is -5.09. The summed E-state index contributed by atoms with van der Waals surface area (Å²) in [5.74, 6) is 2.53. The fourth-order valence-corrected chi connectivity index (χ4v) is 5.64. The van der Waals surface area contributed by atoms with Crippen LogP contribution in [0.25, 0.3) is 21.9 Å². The van der Waals surface area contributed by atoms with Gasteiger partial charge in [-0.15, -0.1) is 0 Å². The van der Waals surface area contributed by atoms with Crippen LogP contribution in [-0.4, -0.2) is 4.98 Å². The minimum absolute atomic E-state index is 0.814. The van der Waals surface area contributed by atoms with Crippen LogP contribution >= 0.6 is 0 Å². The second kappa shape index (κ2) is 7.70. The van der Waals surface area contributed by atoms with Crippen LogP contribution in [0, 0.1) is 0 Å². The molecule has 0 spiro atoms. The quantitative estimate of drug-likeness (QED) is 0.249. The van der Waals surface area contributed by atoms with Crippen molar-refractivity contribution < 1.29 is 4.74 Å². The first-order valence-corrected chi connectivity index (χ1v) is 12.4. The van der Waals surface area contributed by atoms with Crippen LogP contribution in [0.4, 0.5) is 34.3 Å². The fraction of sp³-hybridized carbons (Fsp3) is 0. The van der Waals surface area contributed by atoms with E-state index in [1.165, 1.54) is 16.3 Å². The Kier molecular flexibility index (Phi) is 4.19. The molecule has 0 aliphatic carbocycles. The summed E-state index contributed by atoms with van der Waals surface area (Å²) < 4.78 is 6.55. The molecule has 0 N–H and O–H groups in total. The molecule has 2 aliphatic rings. The second-order valence-electron chi connectivity index (χ2n) is 9.28. The summed E-state index contributed by atoms with van der Waals surface area (Å²) in [6.07, 6.45) is 1.85. The minimum Gasteiger partial charge on any atom is -0.453 e. The van der Waals surface area contributed by atoms with E-state index in [4.69, 9.17) is 9.72 Å². The summed E-state index contributed by atoms with van der Waals surface area (Å²) in [6, 6.07) is 42.2. The van der Waals surface area contributed by atoms with Crippen LogP contribution in [0.15, 0.2) is 128 Å². The molecule has 4 nitrogen and oxygen atoms in total. The number of anilines is 6. The molecule has 1 aromatic heterocycles. The van der Waals surface area contributed by atoms with Gasteiger partial charge in [0.2, 0.25) is 0 Å². The van der Waals surface area contributed by atoms with Crippen molar-refractivity contribution >= 4 is 45.0 Å². The average molecular weight is 476 g/mol. The van der Waals surface area contributed by atoms with Gasteiger partial charge in [-0.2, -0.15) is 0 Å². The third kappa shape index (κ3) is 2.93. The van der Waals surface area contributed by atoms with E-state index in [0.717, 1.165) is 51.3 Å². The SMILES string of the molecule is c1ccc(N2c3ccccc3Oc3cc4c(cc32)-c2cccc3cccc(c23)N4c2ccccn2)cc1. The molecule has 6 aromatic rings. The number of hydrogen-bond donors (Lipinski definition) is 0. The van der Waals surface area contributed by atoms with Crippen LogP contribution in [-0.2, 0) is 0 Å². The Morgan fingerprint density at radius 1 is 0.514 bits per heavy atom. The number of rotatable bonds is 2. The zero-order valence-electron chi connectivity index (χ0n) is 19.9. The van der Waals surface area contributed by atoms with Gasteiger partial charge >= 0.3 is 0 Å². The summed E-state index contributed by atoms with van der Waals surface area (Å²) in [6.45, 7) is 0. The van der Waals surface area contributed by atoms with E-state index < -0.39 is 0 Å². The summed E-state index contributed by atoms with van der Waals surface area (Å²) in [4.78, 5) is 9.29. The van der Waals surface area contributed by atoms with Crippen molar-refractivity contribution in [3.63, 3.8) is 0 Å². The maximum Gasteiger partial charge on any atom is 0.153 e. The van der Waals surface area contributed by atoms with Crippen molar-refractivity contribution in [1.29, 1.82) is 0 Å². The summed E-state index contributed by atoms with van der Waals surface area (Å²) in [7, 11) is 0. The molecule has 0 atom stereocenters. The van der Waals surface area contributed by atoms with Gasteiger partial charge in [0.1, 0.15) is 5.82 Å². The predicted octanol–water partition coefficient (Wildman–Crippen LogP) is 9.26. The van der Waals surface area contributed by atoms with E-state index in [0.29, 0.717) is 0 Å². The molecule has 4 heteroatoms. The topological polar surface area (TPSA) is 28.6 Å². The smallest absolute Gasteiger partial charge is 0.153 e. The number of aromatic nitrogens is 1. The van der Waals surface area contributed by atoms with Crippen molar-refractivity contribution in [2.75, 3.05) is 9.80 Å². The highest BCUT2D eigenvalue weighted by Gasteiger charge is 2.32. The lowest BCUT2D eigenvalue weighted by molar-refractivity contribution is 0.477. The molecular formula is C33H21N3O. The molecule has 5 aromatic carbocycles. The first-order chi connectivity index (χ1) is 18.4. The van der Waals surface area contributed by atoms with Crippen LogP contribution in [0.3, 0.4) is 0 Å². The van der Waals surface area contributed by atoms with E-state index in [9.17, 15) is 0 Å². The number of ether oxygens (including phenoxy) is 1. The second-order valence-corrected chi connectivity index (χ2v) is 9.28. The molecule has 0 amide bonds. The summed E-state index contributed by atoms with van der Waals surface area (Å²) in [5, 5.41) is 2.44. The third-order valence-corrected chi connectivity index (χ3v) is 7.19. The summed E-state index contributed by atoms with van der Waals surface area (Å²) in [5.41, 5.74) is 7.67. The maximum atomic E-state index is 6.55. The number of benzene rings is 5.